The van der Waals surface area contributed by atoms with Crippen molar-refractivity contribution in [2.75, 3.05) is 11.5 Å². The van der Waals surface area contributed by atoms with Gasteiger partial charge in [0, 0.05) is 12.2 Å². The smallest absolute Gasteiger partial charge is 0.274 e. The fraction of sp³-hybridized carbons (Fsp3) is 1.00. The van der Waals surface area contributed by atoms with Crippen molar-refractivity contribution in [2.24, 2.45) is 0 Å². The van der Waals surface area contributed by atoms with Crippen molar-refractivity contribution in [3.8, 4) is 0 Å². The Kier molecular flexibility index (Phi) is 7.00. The Morgan fingerprint density at radius 1 is 1.53 bits per heavy atom. The van der Waals surface area contributed by atoms with E-state index in [0.29, 0.717) is 6.16 Å². The maximum absolute atomic E-state index is 13.0. The van der Waals surface area contributed by atoms with Crippen molar-refractivity contribution < 1.29 is 13.3 Å². The highest BCUT2D eigenvalue weighted by Crippen LogP contribution is 2.48. The predicted molar refractivity (Wildman–Crippen MR) is 67.5 cm³/mol. The van der Waals surface area contributed by atoms with Gasteiger partial charge in [-0.2, -0.15) is 8.78 Å². The molecule has 2 atom stereocenters. The van der Waals surface area contributed by atoms with Crippen LogP contribution in [-0.2, 0) is 16.3 Å². The third-order valence-corrected chi connectivity index (χ3v) is 6.08. The monoisotopic (exact) mass is 323 g/mol. The average molecular weight is 324 g/mol. The average Bonchev–Trinajstić information content (AvgIpc) is 2.17. The molecule has 0 rings (SSSR count). The molecule has 0 saturated carbocycles. The molecule has 0 heterocycles. The van der Waals surface area contributed by atoms with E-state index in [1.165, 1.54) is 0 Å². The van der Waals surface area contributed by atoms with Gasteiger partial charge in [-0.15, -0.1) is 0 Å². The van der Waals surface area contributed by atoms with E-state index in [0.717, 1.165) is 6.42 Å². The van der Waals surface area contributed by atoms with Crippen molar-refractivity contribution in [3.63, 3.8) is 0 Å². The topological polar surface area (TPSA) is 21.3 Å². The molecule has 1 N–H and O–H groups in total. The fourth-order valence-corrected chi connectivity index (χ4v) is 3.72. The van der Waals surface area contributed by atoms with E-state index in [1.54, 1.807) is 6.92 Å². The van der Waals surface area contributed by atoms with E-state index < -0.39 is 17.9 Å². The predicted octanol–water partition coefficient (Wildman–Crippen LogP) is 3.71. The van der Waals surface area contributed by atoms with Crippen LogP contribution in [0.4, 0.5) is 8.78 Å². The zero-order valence-corrected chi connectivity index (χ0v) is 12.4. The molecule has 0 aromatic heterocycles. The number of halogens is 3. The molecular formula is C8H17BrF2NOPS. The van der Waals surface area contributed by atoms with Crippen molar-refractivity contribution in [2.45, 2.75) is 39.3 Å². The van der Waals surface area contributed by atoms with Gasteiger partial charge in [-0.1, -0.05) is 41.6 Å². The van der Waals surface area contributed by atoms with Gasteiger partial charge in [-0.3, -0.25) is 9.61 Å². The summed E-state index contributed by atoms with van der Waals surface area (Å²) in [6, 6.07) is 0.0990. The molecular weight excluding hydrogens is 307 g/mol. The summed E-state index contributed by atoms with van der Waals surface area (Å²) < 4.78 is 30.8. The van der Waals surface area contributed by atoms with Gasteiger partial charge in [0.25, 0.3) is 0 Å². The zero-order chi connectivity index (χ0) is 12.1. The molecule has 0 aromatic rings. The molecule has 0 aliphatic heterocycles. The molecule has 0 amide bonds. The minimum atomic E-state index is -3.19. The van der Waals surface area contributed by atoms with Crippen molar-refractivity contribution in [3.05, 3.63) is 0 Å². The third kappa shape index (κ3) is 6.27. The standard InChI is InChI=1S/C8H17BrF2NOPS/c1-4-7(3)12-14(15,5-2)13-8(10,11)6-9/h7H,4-6H2,1-3H3,(H,12,15). The number of hydrogen-bond donors (Lipinski definition) is 1. The Morgan fingerprint density at radius 3 is 2.40 bits per heavy atom. The summed E-state index contributed by atoms with van der Waals surface area (Å²) in [5.41, 5.74) is 0. The van der Waals surface area contributed by atoms with Crippen molar-refractivity contribution in [1.82, 2.24) is 5.09 Å². The minimum absolute atomic E-state index is 0.0990. The number of nitrogens with one attached hydrogen (secondary N) is 1. The lowest BCUT2D eigenvalue weighted by Gasteiger charge is -2.28. The summed E-state index contributed by atoms with van der Waals surface area (Å²) in [5, 5.41) is 2.46. The number of rotatable bonds is 7. The summed E-state index contributed by atoms with van der Waals surface area (Å²) in [6.07, 6.45) is -4.55. The molecule has 2 unspecified atom stereocenters. The molecule has 0 aliphatic carbocycles. The number of alkyl halides is 3. The van der Waals surface area contributed by atoms with Crippen LogP contribution in [0.1, 0.15) is 27.2 Å². The van der Waals surface area contributed by atoms with Crippen molar-refractivity contribution >= 4 is 34.2 Å². The Bertz CT molecular complexity index is 243. The van der Waals surface area contributed by atoms with Gasteiger partial charge >= 0.3 is 6.11 Å². The second-order valence-corrected chi connectivity index (χ2v) is 8.04. The fourth-order valence-electron chi connectivity index (χ4n) is 0.849. The second-order valence-electron chi connectivity index (χ2n) is 3.29. The van der Waals surface area contributed by atoms with E-state index in [-0.39, 0.29) is 6.04 Å². The van der Waals surface area contributed by atoms with Crippen LogP contribution < -0.4 is 5.09 Å². The van der Waals surface area contributed by atoms with E-state index in [9.17, 15) is 8.78 Å². The Hall–Kier alpha value is 0.910. The first-order valence-corrected chi connectivity index (χ1v) is 8.82. The van der Waals surface area contributed by atoms with Crippen LogP contribution in [0.25, 0.3) is 0 Å². The van der Waals surface area contributed by atoms with Gasteiger partial charge < -0.3 is 0 Å². The molecule has 92 valence electrons. The summed E-state index contributed by atoms with van der Waals surface area (Å²) in [7, 11) is 0. The van der Waals surface area contributed by atoms with Crippen LogP contribution in [0.2, 0.25) is 0 Å². The maximum Gasteiger partial charge on any atom is 0.369 e. The lowest BCUT2D eigenvalue weighted by molar-refractivity contribution is -0.149. The lowest BCUT2D eigenvalue weighted by Crippen LogP contribution is -2.30. The SMILES string of the molecule is CCC(C)NP(=S)(CC)OC(F)(F)CBr. The largest absolute Gasteiger partial charge is 0.369 e. The van der Waals surface area contributed by atoms with Crippen LogP contribution >= 0.6 is 22.3 Å². The normalized spacial score (nSPS) is 18.5. The summed E-state index contributed by atoms with van der Waals surface area (Å²) >= 11 is 7.84. The Labute approximate surface area is 103 Å². The maximum atomic E-state index is 13.0. The van der Waals surface area contributed by atoms with Gasteiger partial charge in [0.15, 0.2) is 0 Å². The van der Waals surface area contributed by atoms with Gasteiger partial charge in [-0.05, 0) is 13.3 Å². The van der Waals surface area contributed by atoms with E-state index in [2.05, 4.69) is 21.0 Å². The summed E-state index contributed by atoms with van der Waals surface area (Å²) in [4.78, 5) is 0. The van der Waals surface area contributed by atoms with Gasteiger partial charge in [0.05, 0.1) is 5.33 Å². The molecule has 0 spiro atoms. The highest BCUT2D eigenvalue weighted by Gasteiger charge is 2.35. The van der Waals surface area contributed by atoms with E-state index >= 15 is 0 Å². The minimum Gasteiger partial charge on any atom is -0.274 e. The molecule has 0 radical (unpaired) electrons. The van der Waals surface area contributed by atoms with E-state index in [1.807, 2.05) is 13.8 Å². The summed E-state index contributed by atoms with van der Waals surface area (Å²) in [6.45, 7) is 5.64. The first kappa shape index (κ1) is 15.9. The van der Waals surface area contributed by atoms with Gasteiger partial charge in [0.1, 0.15) is 6.42 Å². The molecule has 0 saturated heterocycles. The van der Waals surface area contributed by atoms with Crippen LogP contribution in [0.15, 0.2) is 0 Å². The third-order valence-electron chi connectivity index (χ3n) is 1.88. The molecule has 15 heavy (non-hydrogen) atoms. The van der Waals surface area contributed by atoms with Crippen molar-refractivity contribution in [1.29, 1.82) is 0 Å². The Balaban J connectivity index is 4.51. The number of hydrogen-bond acceptors (Lipinski definition) is 2. The molecule has 0 aliphatic rings. The van der Waals surface area contributed by atoms with Gasteiger partial charge in [0.2, 0.25) is 0 Å². The second kappa shape index (κ2) is 6.60. The first-order valence-electron chi connectivity index (χ1n) is 4.80. The molecule has 0 fully saturated rings. The molecule has 2 nitrogen and oxygen atoms in total. The Morgan fingerprint density at radius 2 is 2.07 bits per heavy atom. The molecule has 0 aromatic carbocycles. The first-order chi connectivity index (χ1) is 6.78. The van der Waals surface area contributed by atoms with E-state index in [4.69, 9.17) is 16.3 Å². The van der Waals surface area contributed by atoms with Gasteiger partial charge in [-0.25, -0.2) is 0 Å². The van der Waals surface area contributed by atoms with Crippen LogP contribution in [0.5, 0.6) is 0 Å². The quantitative estimate of drug-likeness (QED) is 0.570. The molecule has 7 heteroatoms. The molecule has 0 bridgehead atoms. The lowest BCUT2D eigenvalue weighted by atomic mass is 10.3. The zero-order valence-electron chi connectivity index (χ0n) is 9.10. The highest BCUT2D eigenvalue weighted by atomic mass is 79.9. The summed E-state index contributed by atoms with van der Waals surface area (Å²) in [5.74, 6) is 0. The van der Waals surface area contributed by atoms with Crippen LogP contribution in [-0.4, -0.2) is 23.6 Å². The van der Waals surface area contributed by atoms with Crippen LogP contribution in [0.3, 0.4) is 0 Å². The highest BCUT2D eigenvalue weighted by molar-refractivity contribution is 9.09. The van der Waals surface area contributed by atoms with Crippen LogP contribution in [0, 0.1) is 0 Å².